The summed E-state index contributed by atoms with van der Waals surface area (Å²) in [6.07, 6.45) is 0. The average molecular weight is 275 g/mol. The minimum atomic E-state index is 0.106. The van der Waals surface area contributed by atoms with E-state index in [4.69, 9.17) is 5.73 Å². The van der Waals surface area contributed by atoms with Gasteiger partial charge in [0.2, 0.25) is 0 Å². The van der Waals surface area contributed by atoms with Gasteiger partial charge in [0.25, 0.3) is 0 Å². The second-order valence-electron chi connectivity index (χ2n) is 6.94. The molecule has 0 radical (unpaired) electrons. The summed E-state index contributed by atoms with van der Waals surface area (Å²) in [5.41, 5.74) is 10.6. The molecule has 1 unspecified atom stereocenters. The van der Waals surface area contributed by atoms with E-state index in [0.29, 0.717) is 0 Å². The Morgan fingerprint density at radius 2 is 1.95 bits per heavy atom. The lowest BCUT2D eigenvalue weighted by atomic mass is 9.96. The molecule has 1 heterocycles. The highest BCUT2D eigenvalue weighted by atomic mass is 15.3. The molecule has 20 heavy (non-hydrogen) atoms. The topological polar surface area (TPSA) is 32.5 Å². The number of hydrogen-bond acceptors (Lipinski definition) is 3. The Hall–Kier alpha value is -0.900. The van der Waals surface area contributed by atoms with Gasteiger partial charge in [-0.1, -0.05) is 23.8 Å². The Labute approximate surface area is 123 Å². The van der Waals surface area contributed by atoms with Crippen LogP contribution in [-0.4, -0.2) is 48.6 Å². The molecule has 1 saturated heterocycles. The van der Waals surface area contributed by atoms with Crippen molar-refractivity contribution in [3.8, 4) is 0 Å². The predicted molar refractivity (Wildman–Crippen MR) is 86.0 cm³/mol. The van der Waals surface area contributed by atoms with Crippen molar-refractivity contribution in [1.82, 2.24) is 9.80 Å². The van der Waals surface area contributed by atoms with Crippen LogP contribution in [0.15, 0.2) is 18.2 Å². The molecular formula is C17H29N3. The lowest BCUT2D eigenvalue weighted by Crippen LogP contribution is -2.58. The van der Waals surface area contributed by atoms with E-state index in [1.807, 2.05) is 0 Å². The third-order valence-corrected chi connectivity index (χ3v) is 4.68. The van der Waals surface area contributed by atoms with Crippen LogP contribution in [0.25, 0.3) is 0 Å². The van der Waals surface area contributed by atoms with Gasteiger partial charge in [0.1, 0.15) is 0 Å². The van der Waals surface area contributed by atoms with Crippen LogP contribution in [0.5, 0.6) is 0 Å². The molecule has 1 atom stereocenters. The third-order valence-electron chi connectivity index (χ3n) is 4.68. The van der Waals surface area contributed by atoms with Gasteiger partial charge < -0.3 is 5.73 Å². The maximum atomic E-state index is 6.44. The van der Waals surface area contributed by atoms with E-state index in [2.05, 4.69) is 62.7 Å². The second kappa shape index (κ2) is 5.84. The molecule has 0 aromatic heterocycles. The summed E-state index contributed by atoms with van der Waals surface area (Å²) in [6.45, 7) is 13.2. The van der Waals surface area contributed by atoms with Gasteiger partial charge >= 0.3 is 0 Å². The molecule has 2 rings (SSSR count). The largest absolute Gasteiger partial charge is 0.323 e. The average Bonchev–Trinajstić information content (AvgIpc) is 2.33. The predicted octanol–water partition coefficient (Wildman–Crippen LogP) is 2.33. The number of hydrogen-bond donors (Lipinski definition) is 1. The fraction of sp³-hybridized carbons (Fsp3) is 0.647. The summed E-state index contributed by atoms with van der Waals surface area (Å²) in [6, 6.07) is 6.69. The van der Waals surface area contributed by atoms with E-state index < -0.39 is 0 Å². The first-order valence-electron chi connectivity index (χ1n) is 7.56. The summed E-state index contributed by atoms with van der Waals surface area (Å²) in [4.78, 5) is 4.94. The van der Waals surface area contributed by atoms with E-state index in [1.165, 1.54) is 16.7 Å². The quantitative estimate of drug-likeness (QED) is 0.919. The summed E-state index contributed by atoms with van der Waals surface area (Å²) in [7, 11) is 2.21. The molecule has 1 aliphatic heterocycles. The Bertz CT molecular complexity index is 467. The van der Waals surface area contributed by atoms with Gasteiger partial charge in [-0.3, -0.25) is 9.80 Å². The van der Waals surface area contributed by atoms with Crippen molar-refractivity contribution >= 4 is 0 Å². The van der Waals surface area contributed by atoms with Crippen molar-refractivity contribution < 1.29 is 0 Å². The van der Waals surface area contributed by atoms with Gasteiger partial charge in [0, 0.05) is 37.8 Å². The minimum absolute atomic E-state index is 0.106. The molecule has 3 nitrogen and oxygen atoms in total. The van der Waals surface area contributed by atoms with Crippen molar-refractivity contribution in [1.29, 1.82) is 0 Å². The van der Waals surface area contributed by atoms with Crippen LogP contribution in [-0.2, 0) is 0 Å². The number of likely N-dealkylation sites (N-methyl/N-ethyl adjacent to an activating group) is 1. The monoisotopic (exact) mass is 275 g/mol. The molecular weight excluding hydrogens is 246 g/mol. The van der Waals surface area contributed by atoms with E-state index in [9.17, 15) is 0 Å². The first-order valence-corrected chi connectivity index (χ1v) is 7.56. The zero-order chi connectivity index (χ0) is 14.9. The fourth-order valence-corrected chi connectivity index (χ4v) is 3.12. The number of rotatable bonds is 3. The number of aryl methyl sites for hydroxylation is 2. The number of nitrogens with two attached hydrogens (primary N) is 1. The van der Waals surface area contributed by atoms with Crippen molar-refractivity contribution in [2.24, 2.45) is 5.73 Å². The van der Waals surface area contributed by atoms with Gasteiger partial charge in [-0.2, -0.15) is 0 Å². The van der Waals surface area contributed by atoms with Crippen molar-refractivity contribution in [3.63, 3.8) is 0 Å². The van der Waals surface area contributed by atoms with Crippen LogP contribution in [0.4, 0.5) is 0 Å². The van der Waals surface area contributed by atoms with E-state index in [1.54, 1.807) is 0 Å². The summed E-state index contributed by atoms with van der Waals surface area (Å²) < 4.78 is 0. The first kappa shape index (κ1) is 15.5. The normalized spacial score (nSPS) is 21.9. The molecule has 0 amide bonds. The Morgan fingerprint density at radius 3 is 2.55 bits per heavy atom. The molecule has 0 bridgehead atoms. The standard InChI is InChI=1S/C17H29N3/c1-13-6-7-15(14(2)10-13)16(18)11-20-9-8-19(5)17(3,4)12-20/h6-7,10,16H,8-9,11-12,18H2,1-5H3. The van der Waals surface area contributed by atoms with Gasteiger partial charge in [0.05, 0.1) is 0 Å². The highest BCUT2D eigenvalue weighted by molar-refractivity contribution is 5.32. The van der Waals surface area contributed by atoms with E-state index in [0.717, 1.165) is 26.2 Å². The van der Waals surface area contributed by atoms with Crippen LogP contribution in [0, 0.1) is 13.8 Å². The van der Waals surface area contributed by atoms with Gasteiger partial charge in [0.15, 0.2) is 0 Å². The molecule has 0 saturated carbocycles. The molecule has 112 valence electrons. The lowest BCUT2D eigenvalue weighted by Gasteiger charge is -2.46. The summed E-state index contributed by atoms with van der Waals surface area (Å²) >= 11 is 0. The van der Waals surface area contributed by atoms with Crippen molar-refractivity contribution in [3.05, 3.63) is 34.9 Å². The second-order valence-corrected chi connectivity index (χ2v) is 6.94. The third kappa shape index (κ3) is 3.40. The molecule has 0 spiro atoms. The first-order chi connectivity index (χ1) is 9.29. The van der Waals surface area contributed by atoms with Crippen LogP contribution in [0.3, 0.4) is 0 Å². The zero-order valence-electron chi connectivity index (χ0n) is 13.6. The maximum absolute atomic E-state index is 6.44. The van der Waals surface area contributed by atoms with Crippen LogP contribution >= 0.6 is 0 Å². The molecule has 1 aliphatic rings. The van der Waals surface area contributed by atoms with E-state index >= 15 is 0 Å². The Kier molecular flexibility index (Phi) is 4.52. The van der Waals surface area contributed by atoms with Gasteiger partial charge in [-0.15, -0.1) is 0 Å². The van der Waals surface area contributed by atoms with Gasteiger partial charge in [-0.25, -0.2) is 0 Å². The molecule has 0 aliphatic carbocycles. The van der Waals surface area contributed by atoms with Crippen molar-refractivity contribution in [2.75, 3.05) is 33.2 Å². The highest BCUT2D eigenvalue weighted by Crippen LogP contribution is 2.22. The summed E-state index contributed by atoms with van der Waals surface area (Å²) in [5, 5.41) is 0. The molecule has 2 N–H and O–H groups in total. The number of piperazine rings is 1. The molecule has 3 heteroatoms. The van der Waals surface area contributed by atoms with E-state index in [-0.39, 0.29) is 11.6 Å². The molecule has 1 fully saturated rings. The molecule has 1 aromatic carbocycles. The highest BCUT2D eigenvalue weighted by Gasteiger charge is 2.31. The number of nitrogens with zero attached hydrogens (tertiary/aromatic N) is 2. The van der Waals surface area contributed by atoms with Crippen LogP contribution < -0.4 is 5.73 Å². The summed E-state index contributed by atoms with van der Waals surface area (Å²) in [5.74, 6) is 0. The number of benzene rings is 1. The van der Waals surface area contributed by atoms with Gasteiger partial charge in [-0.05, 0) is 45.9 Å². The maximum Gasteiger partial charge on any atom is 0.0426 e. The fourth-order valence-electron chi connectivity index (χ4n) is 3.12. The smallest absolute Gasteiger partial charge is 0.0426 e. The molecule has 1 aromatic rings. The lowest BCUT2D eigenvalue weighted by molar-refractivity contribution is 0.0371. The SMILES string of the molecule is Cc1ccc(C(N)CN2CCN(C)C(C)(C)C2)c(C)c1. The zero-order valence-corrected chi connectivity index (χ0v) is 13.6. The van der Waals surface area contributed by atoms with Crippen LogP contribution in [0.2, 0.25) is 0 Å². The van der Waals surface area contributed by atoms with Crippen LogP contribution in [0.1, 0.15) is 36.6 Å². The minimum Gasteiger partial charge on any atom is -0.323 e. The van der Waals surface area contributed by atoms with Crippen molar-refractivity contribution in [2.45, 2.75) is 39.3 Å². The Balaban J connectivity index is 2.03. The Morgan fingerprint density at radius 1 is 1.25 bits per heavy atom.